The fourth-order valence-corrected chi connectivity index (χ4v) is 3.68. The Balaban J connectivity index is 2.70. The lowest BCUT2D eigenvalue weighted by molar-refractivity contribution is -0.122. The maximum Gasteiger partial charge on any atom is 0.252 e. The zero-order valence-electron chi connectivity index (χ0n) is 11.6. The van der Waals surface area contributed by atoms with E-state index >= 15 is 0 Å². The average molecular weight is 304 g/mol. The SMILES string of the molecule is CCC(C)(C)NC(=O)CN(C)S(=O)(=O)c1cccs1. The Morgan fingerprint density at radius 3 is 2.58 bits per heavy atom. The quantitative estimate of drug-likeness (QED) is 0.869. The Bertz CT molecular complexity index is 521. The fraction of sp³-hybridized carbons (Fsp3) is 0.583. The van der Waals surface area contributed by atoms with Gasteiger partial charge in [-0.15, -0.1) is 11.3 Å². The molecule has 7 heteroatoms. The van der Waals surface area contributed by atoms with E-state index in [4.69, 9.17) is 0 Å². The highest BCUT2D eigenvalue weighted by molar-refractivity contribution is 7.91. The summed E-state index contributed by atoms with van der Waals surface area (Å²) < 4.78 is 25.6. The highest BCUT2D eigenvalue weighted by Crippen LogP contribution is 2.19. The number of thiophene rings is 1. The molecule has 0 unspecified atom stereocenters. The first-order chi connectivity index (χ1) is 8.69. The van der Waals surface area contributed by atoms with Gasteiger partial charge in [-0.1, -0.05) is 13.0 Å². The van der Waals surface area contributed by atoms with Crippen molar-refractivity contribution in [2.45, 2.75) is 36.9 Å². The van der Waals surface area contributed by atoms with Crippen LogP contribution in [-0.4, -0.2) is 37.8 Å². The van der Waals surface area contributed by atoms with Crippen LogP contribution in [0.15, 0.2) is 21.7 Å². The second-order valence-electron chi connectivity index (χ2n) is 4.98. The van der Waals surface area contributed by atoms with Gasteiger partial charge in [0.1, 0.15) is 4.21 Å². The molecule has 0 spiro atoms. The maximum absolute atomic E-state index is 12.1. The Hall–Kier alpha value is -0.920. The predicted octanol–water partition coefficient (Wildman–Crippen LogP) is 1.67. The van der Waals surface area contributed by atoms with E-state index < -0.39 is 10.0 Å². The number of amides is 1. The topological polar surface area (TPSA) is 66.5 Å². The van der Waals surface area contributed by atoms with Gasteiger partial charge < -0.3 is 5.32 Å². The molecule has 0 aliphatic rings. The molecule has 19 heavy (non-hydrogen) atoms. The van der Waals surface area contributed by atoms with Crippen LogP contribution in [0.2, 0.25) is 0 Å². The van der Waals surface area contributed by atoms with Gasteiger partial charge in [0.05, 0.1) is 6.54 Å². The summed E-state index contributed by atoms with van der Waals surface area (Å²) in [6.45, 7) is 5.59. The normalized spacial score (nSPS) is 12.7. The molecule has 1 rings (SSSR count). The van der Waals surface area contributed by atoms with Crippen molar-refractivity contribution in [1.82, 2.24) is 9.62 Å². The van der Waals surface area contributed by atoms with E-state index in [1.54, 1.807) is 11.4 Å². The lowest BCUT2D eigenvalue weighted by Gasteiger charge is -2.25. The third-order valence-electron chi connectivity index (χ3n) is 2.89. The van der Waals surface area contributed by atoms with Gasteiger partial charge in [0.2, 0.25) is 5.91 Å². The molecule has 0 atom stereocenters. The van der Waals surface area contributed by atoms with E-state index in [-0.39, 0.29) is 22.2 Å². The highest BCUT2D eigenvalue weighted by Gasteiger charge is 2.25. The summed E-state index contributed by atoms with van der Waals surface area (Å²) in [4.78, 5) is 11.8. The Morgan fingerprint density at radius 2 is 2.11 bits per heavy atom. The summed E-state index contributed by atoms with van der Waals surface area (Å²) in [6, 6.07) is 3.20. The van der Waals surface area contributed by atoms with E-state index in [0.717, 1.165) is 22.1 Å². The van der Waals surface area contributed by atoms with Gasteiger partial charge in [0.25, 0.3) is 10.0 Å². The zero-order valence-corrected chi connectivity index (χ0v) is 13.3. The molecular formula is C12H20N2O3S2. The van der Waals surface area contributed by atoms with Crippen LogP contribution in [0, 0.1) is 0 Å². The first-order valence-corrected chi connectivity index (χ1v) is 8.32. The monoisotopic (exact) mass is 304 g/mol. The lowest BCUT2D eigenvalue weighted by atomic mass is 10.0. The molecule has 0 fully saturated rings. The summed E-state index contributed by atoms with van der Waals surface area (Å²) in [5.74, 6) is -0.297. The number of carbonyl (C=O) groups is 1. The second kappa shape index (κ2) is 6.02. The summed E-state index contributed by atoms with van der Waals surface area (Å²) >= 11 is 1.14. The smallest absolute Gasteiger partial charge is 0.252 e. The number of hydrogen-bond acceptors (Lipinski definition) is 4. The van der Waals surface area contributed by atoms with Gasteiger partial charge in [0, 0.05) is 12.6 Å². The minimum absolute atomic E-state index is 0.177. The van der Waals surface area contributed by atoms with Crippen molar-refractivity contribution in [3.63, 3.8) is 0 Å². The summed E-state index contributed by atoms with van der Waals surface area (Å²) in [6.07, 6.45) is 0.778. The molecule has 1 aromatic rings. The third kappa shape index (κ3) is 4.29. The molecule has 0 saturated carbocycles. The molecule has 108 valence electrons. The summed E-state index contributed by atoms with van der Waals surface area (Å²) in [7, 11) is -2.15. The van der Waals surface area contributed by atoms with E-state index in [1.807, 2.05) is 20.8 Å². The molecule has 0 saturated heterocycles. The number of sulfonamides is 1. The van der Waals surface area contributed by atoms with Crippen molar-refractivity contribution in [2.24, 2.45) is 0 Å². The summed E-state index contributed by atoms with van der Waals surface area (Å²) in [5, 5.41) is 4.51. The lowest BCUT2D eigenvalue weighted by Crippen LogP contribution is -2.47. The highest BCUT2D eigenvalue weighted by atomic mass is 32.2. The maximum atomic E-state index is 12.1. The number of likely N-dealkylation sites (N-methyl/N-ethyl adjacent to an activating group) is 1. The van der Waals surface area contributed by atoms with E-state index in [0.29, 0.717) is 0 Å². The zero-order chi connectivity index (χ0) is 14.7. The van der Waals surface area contributed by atoms with Crippen LogP contribution in [0.1, 0.15) is 27.2 Å². The Kier molecular flexibility index (Phi) is 5.11. The number of rotatable bonds is 6. The molecule has 0 aliphatic heterocycles. The van der Waals surface area contributed by atoms with Crippen LogP contribution in [0.25, 0.3) is 0 Å². The van der Waals surface area contributed by atoms with Crippen LogP contribution in [0.4, 0.5) is 0 Å². The fourth-order valence-electron chi connectivity index (χ4n) is 1.36. The molecule has 0 radical (unpaired) electrons. The largest absolute Gasteiger partial charge is 0.350 e. The molecule has 1 aromatic heterocycles. The first kappa shape index (κ1) is 16.1. The molecule has 1 heterocycles. The minimum atomic E-state index is -3.56. The summed E-state index contributed by atoms with van der Waals surface area (Å²) in [5.41, 5.74) is -0.329. The average Bonchev–Trinajstić information content (AvgIpc) is 2.81. The minimum Gasteiger partial charge on any atom is -0.350 e. The second-order valence-corrected chi connectivity index (χ2v) is 8.20. The molecular weight excluding hydrogens is 284 g/mol. The molecule has 5 nitrogen and oxygen atoms in total. The molecule has 1 N–H and O–H groups in total. The number of hydrogen-bond donors (Lipinski definition) is 1. The molecule has 0 aromatic carbocycles. The van der Waals surface area contributed by atoms with Gasteiger partial charge in [0.15, 0.2) is 0 Å². The standard InChI is InChI=1S/C12H20N2O3S2/c1-5-12(2,3)13-10(15)9-14(4)19(16,17)11-7-6-8-18-11/h6-8H,5,9H2,1-4H3,(H,13,15). The number of nitrogens with one attached hydrogen (secondary N) is 1. The van der Waals surface area contributed by atoms with Gasteiger partial charge in [-0.25, -0.2) is 8.42 Å². The van der Waals surface area contributed by atoms with E-state index in [1.165, 1.54) is 13.1 Å². The van der Waals surface area contributed by atoms with Crippen molar-refractivity contribution in [3.05, 3.63) is 17.5 Å². The molecule has 0 aliphatic carbocycles. The van der Waals surface area contributed by atoms with Crippen molar-refractivity contribution < 1.29 is 13.2 Å². The molecule has 1 amide bonds. The first-order valence-electron chi connectivity index (χ1n) is 6.00. The van der Waals surface area contributed by atoms with Crippen molar-refractivity contribution >= 4 is 27.3 Å². The van der Waals surface area contributed by atoms with Gasteiger partial charge >= 0.3 is 0 Å². The van der Waals surface area contributed by atoms with Crippen LogP contribution in [0.5, 0.6) is 0 Å². The Labute approximate surface area is 118 Å². The van der Waals surface area contributed by atoms with Gasteiger partial charge in [-0.3, -0.25) is 4.79 Å². The van der Waals surface area contributed by atoms with E-state index in [9.17, 15) is 13.2 Å². The van der Waals surface area contributed by atoms with Gasteiger partial charge in [-0.05, 0) is 31.7 Å². The van der Waals surface area contributed by atoms with Crippen LogP contribution in [0.3, 0.4) is 0 Å². The number of nitrogens with zero attached hydrogens (tertiary/aromatic N) is 1. The van der Waals surface area contributed by atoms with Crippen molar-refractivity contribution in [3.8, 4) is 0 Å². The Morgan fingerprint density at radius 1 is 1.47 bits per heavy atom. The van der Waals surface area contributed by atoms with Crippen LogP contribution in [-0.2, 0) is 14.8 Å². The third-order valence-corrected chi connectivity index (χ3v) is 6.06. The van der Waals surface area contributed by atoms with E-state index in [2.05, 4.69) is 5.32 Å². The number of carbonyl (C=O) groups excluding carboxylic acids is 1. The van der Waals surface area contributed by atoms with Crippen molar-refractivity contribution in [2.75, 3.05) is 13.6 Å². The van der Waals surface area contributed by atoms with Crippen LogP contribution >= 0.6 is 11.3 Å². The molecule has 0 bridgehead atoms. The van der Waals surface area contributed by atoms with Crippen molar-refractivity contribution in [1.29, 1.82) is 0 Å². The van der Waals surface area contributed by atoms with Gasteiger partial charge in [-0.2, -0.15) is 4.31 Å². The van der Waals surface area contributed by atoms with Crippen LogP contribution < -0.4 is 5.32 Å². The predicted molar refractivity (Wildman–Crippen MR) is 76.6 cm³/mol.